The minimum atomic E-state index is -0.947. The highest BCUT2D eigenvalue weighted by Gasteiger charge is 2.13. The number of rotatable bonds is 7. The van der Waals surface area contributed by atoms with Crippen LogP contribution in [-0.4, -0.2) is 45.6 Å². The lowest BCUT2D eigenvalue weighted by atomic mass is 10.2. The second-order valence-electron chi connectivity index (χ2n) is 4.92. The fourth-order valence-electron chi connectivity index (χ4n) is 1.85. The molecule has 8 heteroatoms. The molecule has 1 N–H and O–H groups in total. The molecule has 0 radical (unpaired) electrons. The van der Waals surface area contributed by atoms with Gasteiger partial charge in [0.15, 0.2) is 6.61 Å². The number of aryl methyl sites for hydroxylation is 1. The normalized spacial score (nSPS) is 10.3. The number of aliphatic carboxylic acids is 1. The molecule has 122 valence electrons. The minimum absolute atomic E-state index is 0.102. The zero-order chi connectivity index (χ0) is 16.8. The maximum Gasteiger partial charge on any atom is 0.305 e. The van der Waals surface area contributed by atoms with Gasteiger partial charge in [-0.2, -0.15) is 4.98 Å². The molecule has 8 nitrogen and oxygen atoms in total. The topological polar surface area (TPSA) is 106 Å². The summed E-state index contributed by atoms with van der Waals surface area (Å²) in [4.78, 5) is 28.2. The van der Waals surface area contributed by atoms with Gasteiger partial charge in [-0.25, -0.2) is 0 Å². The van der Waals surface area contributed by atoms with E-state index in [2.05, 4.69) is 10.1 Å². The summed E-state index contributed by atoms with van der Waals surface area (Å²) in [6.45, 7) is 1.95. The lowest BCUT2D eigenvalue weighted by Crippen LogP contribution is -2.29. The number of hydrogen-bond acceptors (Lipinski definition) is 6. The van der Waals surface area contributed by atoms with E-state index in [0.29, 0.717) is 23.0 Å². The van der Waals surface area contributed by atoms with E-state index in [1.54, 1.807) is 38.2 Å². The van der Waals surface area contributed by atoms with Gasteiger partial charge in [-0.3, -0.25) is 9.59 Å². The van der Waals surface area contributed by atoms with Crippen molar-refractivity contribution < 1.29 is 24.0 Å². The Morgan fingerprint density at radius 2 is 2.17 bits per heavy atom. The molecule has 0 aliphatic heterocycles. The van der Waals surface area contributed by atoms with Crippen LogP contribution in [0.4, 0.5) is 0 Å². The van der Waals surface area contributed by atoms with Crippen molar-refractivity contribution in [3.05, 3.63) is 41.5 Å². The average Bonchev–Trinajstić information content (AvgIpc) is 2.95. The number of carboxylic acid groups (broad SMARTS) is 1. The first-order valence-electron chi connectivity index (χ1n) is 6.95. The van der Waals surface area contributed by atoms with Crippen LogP contribution in [0, 0.1) is 6.92 Å². The summed E-state index contributed by atoms with van der Waals surface area (Å²) in [7, 11) is 1.56. The van der Waals surface area contributed by atoms with Crippen molar-refractivity contribution in [1.29, 1.82) is 0 Å². The van der Waals surface area contributed by atoms with Gasteiger partial charge in [-0.15, -0.1) is 0 Å². The van der Waals surface area contributed by atoms with Crippen LogP contribution < -0.4 is 4.74 Å². The summed E-state index contributed by atoms with van der Waals surface area (Å²) in [5.74, 6) is 0.138. The smallest absolute Gasteiger partial charge is 0.305 e. The first-order valence-corrected chi connectivity index (χ1v) is 6.95. The summed E-state index contributed by atoms with van der Waals surface area (Å²) < 4.78 is 10.4. The third kappa shape index (κ3) is 4.80. The van der Waals surface area contributed by atoms with Crippen molar-refractivity contribution >= 4 is 11.9 Å². The Morgan fingerprint density at radius 3 is 2.83 bits per heavy atom. The van der Waals surface area contributed by atoms with Gasteiger partial charge in [-0.1, -0.05) is 11.2 Å². The Bertz CT molecular complexity index is 698. The van der Waals surface area contributed by atoms with E-state index in [4.69, 9.17) is 14.4 Å². The van der Waals surface area contributed by atoms with Crippen LogP contribution in [0.3, 0.4) is 0 Å². The van der Waals surface area contributed by atoms with E-state index in [0.717, 1.165) is 0 Å². The number of aromatic nitrogens is 2. The maximum absolute atomic E-state index is 12.2. The van der Waals surface area contributed by atoms with Crippen LogP contribution in [0.2, 0.25) is 0 Å². The number of ether oxygens (including phenoxy) is 1. The standard InChI is InChI=1S/C15H17N3O5/c1-10-16-13(17-23-10)9-22-12-5-3-4-11(8-12)15(21)18(2)7-6-14(19)20/h3-5,8H,6-7,9H2,1-2H3,(H,19,20). The molecule has 2 rings (SSSR count). The first kappa shape index (κ1) is 16.5. The quantitative estimate of drug-likeness (QED) is 0.824. The van der Waals surface area contributed by atoms with E-state index in [9.17, 15) is 9.59 Å². The van der Waals surface area contributed by atoms with Gasteiger partial charge in [0.05, 0.1) is 6.42 Å². The van der Waals surface area contributed by atoms with Crippen LogP contribution in [0.1, 0.15) is 28.5 Å². The molecule has 0 saturated carbocycles. The summed E-state index contributed by atoms with van der Waals surface area (Å²) in [5, 5.41) is 12.4. The van der Waals surface area contributed by atoms with E-state index in [-0.39, 0.29) is 25.5 Å². The molecule has 1 aromatic carbocycles. The second-order valence-corrected chi connectivity index (χ2v) is 4.92. The molecule has 1 heterocycles. The van der Waals surface area contributed by atoms with E-state index >= 15 is 0 Å². The molecule has 1 amide bonds. The third-order valence-corrected chi connectivity index (χ3v) is 3.03. The molecule has 0 aliphatic carbocycles. The fourth-order valence-corrected chi connectivity index (χ4v) is 1.85. The Hall–Kier alpha value is -2.90. The van der Waals surface area contributed by atoms with E-state index < -0.39 is 5.97 Å². The number of nitrogens with zero attached hydrogens (tertiary/aromatic N) is 3. The molecular weight excluding hydrogens is 302 g/mol. The van der Waals surface area contributed by atoms with Crippen molar-refractivity contribution in [3.63, 3.8) is 0 Å². The number of hydrogen-bond donors (Lipinski definition) is 1. The van der Waals surface area contributed by atoms with Crippen molar-refractivity contribution in [1.82, 2.24) is 15.0 Å². The summed E-state index contributed by atoms with van der Waals surface area (Å²) >= 11 is 0. The Kier molecular flexibility index (Phi) is 5.29. The number of amides is 1. The van der Waals surface area contributed by atoms with Gasteiger partial charge in [0.25, 0.3) is 5.91 Å². The molecule has 0 fully saturated rings. The minimum Gasteiger partial charge on any atom is -0.485 e. The number of benzene rings is 1. The van der Waals surface area contributed by atoms with Gasteiger partial charge in [-0.05, 0) is 18.2 Å². The fraction of sp³-hybridized carbons (Fsp3) is 0.333. The number of carboxylic acids is 1. The van der Waals surface area contributed by atoms with Crippen LogP contribution in [0.15, 0.2) is 28.8 Å². The van der Waals surface area contributed by atoms with Crippen LogP contribution in [0.5, 0.6) is 5.75 Å². The number of carbonyl (C=O) groups is 2. The molecule has 23 heavy (non-hydrogen) atoms. The van der Waals surface area contributed by atoms with Gasteiger partial charge in [0.2, 0.25) is 11.7 Å². The molecule has 0 saturated heterocycles. The van der Waals surface area contributed by atoms with Crippen LogP contribution in [-0.2, 0) is 11.4 Å². The van der Waals surface area contributed by atoms with Crippen LogP contribution in [0.25, 0.3) is 0 Å². The average molecular weight is 319 g/mol. The molecule has 0 aliphatic rings. The predicted molar refractivity (Wildman–Crippen MR) is 79.0 cm³/mol. The molecular formula is C15H17N3O5. The largest absolute Gasteiger partial charge is 0.485 e. The summed E-state index contributed by atoms with van der Waals surface area (Å²) in [6, 6.07) is 6.63. The Labute approximate surface area is 132 Å². The highest BCUT2D eigenvalue weighted by atomic mass is 16.5. The molecule has 0 atom stereocenters. The van der Waals surface area contributed by atoms with Crippen molar-refractivity contribution in [2.45, 2.75) is 20.0 Å². The molecule has 2 aromatic rings. The lowest BCUT2D eigenvalue weighted by Gasteiger charge is -2.16. The van der Waals surface area contributed by atoms with Crippen molar-refractivity contribution in [3.8, 4) is 5.75 Å². The van der Waals surface area contributed by atoms with Gasteiger partial charge < -0.3 is 19.3 Å². The molecule has 0 unspecified atom stereocenters. The lowest BCUT2D eigenvalue weighted by molar-refractivity contribution is -0.137. The molecule has 1 aromatic heterocycles. The zero-order valence-corrected chi connectivity index (χ0v) is 12.9. The zero-order valence-electron chi connectivity index (χ0n) is 12.9. The Morgan fingerprint density at radius 1 is 1.39 bits per heavy atom. The maximum atomic E-state index is 12.2. The van der Waals surface area contributed by atoms with Gasteiger partial charge in [0, 0.05) is 26.1 Å². The third-order valence-electron chi connectivity index (χ3n) is 3.03. The molecule has 0 spiro atoms. The van der Waals surface area contributed by atoms with Crippen molar-refractivity contribution in [2.24, 2.45) is 0 Å². The summed E-state index contributed by atoms with van der Waals surface area (Å²) in [6.07, 6.45) is -0.102. The highest BCUT2D eigenvalue weighted by molar-refractivity contribution is 5.94. The molecule has 0 bridgehead atoms. The van der Waals surface area contributed by atoms with E-state index in [1.807, 2.05) is 0 Å². The van der Waals surface area contributed by atoms with Gasteiger partial charge >= 0.3 is 5.97 Å². The number of carbonyl (C=O) groups excluding carboxylic acids is 1. The summed E-state index contributed by atoms with van der Waals surface area (Å²) in [5.41, 5.74) is 0.416. The second kappa shape index (κ2) is 7.39. The van der Waals surface area contributed by atoms with Gasteiger partial charge in [0.1, 0.15) is 5.75 Å². The van der Waals surface area contributed by atoms with Crippen molar-refractivity contribution in [2.75, 3.05) is 13.6 Å². The van der Waals surface area contributed by atoms with E-state index in [1.165, 1.54) is 4.90 Å². The Balaban J connectivity index is 1.98. The monoisotopic (exact) mass is 319 g/mol. The highest BCUT2D eigenvalue weighted by Crippen LogP contribution is 2.16. The predicted octanol–water partition coefficient (Wildman–Crippen LogP) is 1.50. The first-order chi connectivity index (χ1) is 11.0. The van der Waals surface area contributed by atoms with Crippen LogP contribution >= 0.6 is 0 Å². The SMILES string of the molecule is Cc1nc(COc2cccc(C(=O)N(C)CCC(=O)O)c2)no1.